The van der Waals surface area contributed by atoms with Gasteiger partial charge in [-0.2, -0.15) is 11.8 Å². The summed E-state index contributed by atoms with van der Waals surface area (Å²) >= 11 is 13.6. The predicted molar refractivity (Wildman–Crippen MR) is 121 cm³/mol. The smallest absolute Gasteiger partial charge is 0.240 e. The summed E-state index contributed by atoms with van der Waals surface area (Å²) in [5.74, 6) is 1.57. The third-order valence-corrected chi connectivity index (χ3v) is 6.62. The predicted octanol–water partition coefficient (Wildman–Crippen LogP) is 3.82. The quantitative estimate of drug-likeness (QED) is 0.527. The van der Waals surface area contributed by atoms with Crippen molar-refractivity contribution in [3.05, 3.63) is 58.1 Å². The Bertz CT molecular complexity index is 938. The highest BCUT2D eigenvalue weighted by Gasteiger charge is 2.20. The van der Waals surface area contributed by atoms with Crippen LogP contribution >= 0.6 is 35.0 Å². The maximum absolute atomic E-state index is 12.2. The highest BCUT2D eigenvalue weighted by Crippen LogP contribution is 2.24. The van der Waals surface area contributed by atoms with Crippen molar-refractivity contribution in [3.8, 4) is 5.75 Å². The lowest BCUT2D eigenvalue weighted by Gasteiger charge is -2.22. The standard InChI is InChI=1S/C19H22Cl2N2O4S2/c1-27-17-7-5-16(6-8-17)23(29(2,25)26)12-19(24)22-9-10-28-13-14-3-4-15(20)11-18(14)21/h3-8,11H,9-10,12-13H2,1-2H3,(H,22,24). The number of nitrogens with zero attached hydrogens (tertiary/aromatic N) is 1. The van der Waals surface area contributed by atoms with Crippen LogP contribution in [0.2, 0.25) is 10.0 Å². The molecule has 0 saturated heterocycles. The molecular formula is C19H22Cl2N2O4S2. The van der Waals surface area contributed by atoms with Gasteiger partial charge in [0.25, 0.3) is 0 Å². The second kappa shape index (κ2) is 11.0. The summed E-state index contributed by atoms with van der Waals surface area (Å²) in [7, 11) is -2.09. The average molecular weight is 477 g/mol. The van der Waals surface area contributed by atoms with Gasteiger partial charge in [0, 0.05) is 28.1 Å². The van der Waals surface area contributed by atoms with E-state index in [-0.39, 0.29) is 12.5 Å². The summed E-state index contributed by atoms with van der Waals surface area (Å²) in [4.78, 5) is 12.2. The van der Waals surface area contributed by atoms with E-state index in [1.54, 1.807) is 48.2 Å². The summed E-state index contributed by atoms with van der Waals surface area (Å²) in [6, 6.07) is 11.8. The van der Waals surface area contributed by atoms with E-state index in [0.717, 1.165) is 16.1 Å². The second-order valence-corrected chi connectivity index (χ2v) is 9.96. The van der Waals surface area contributed by atoms with Crippen LogP contribution in [0.15, 0.2) is 42.5 Å². The lowest BCUT2D eigenvalue weighted by molar-refractivity contribution is -0.119. The molecule has 158 valence electrons. The van der Waals surface area contributed by atoms with Crippen molar-refractivity contribution in [2.75, 3.05) is 36.5 Å². The van der Waals surface area contributed by atoms with Crippen molar-refractivity contribution in [2.45, 2.75) is 5.75 Å². The van der Waals surface area contributed by atoms with Gasteiger partial charge in [-0.15, -0.1) is 0 Å². The first-order valence-corrected chi connectivity index (χ1v) is 12.4. The first-order valence-electron chi connectivity index (χ1n) is 8.61. The highest BCUT2D eigenvalue weighted by molar-refractivity contribution is 7.98. The van der Waals surface area contributed by atoms with Crippen LogP contribution < -0.4 is 14.4 Å². The molecule has 2 aromatic carbocycles. The number of halogens is 2. The van der Waals surface area contributed by atoms with Crippen LogP contribution in [-0.4, -0.2) is 46.5 Å². The number of nitrogens with one attached hydrogen (secondary N) is 1. The van der Waals surface area contributed by atoms with Gasteiger partial charge in [0.05, 0.1) is 19.1 Å². The molecule has 0 spiro atoms. The largest absolute Gasteiger partial charge is 0.497 e. The van der Waals surface area contributed by atoms with E-state index in [1.807, 2.05) is 6.07 Å². The monoisotopic (exact) mass is 476 g/mol. The lowest BCUT2D eigenvalue weighted by atomic mass is 10.2. The minimum absolute atomic E-state index is 0.293. The highest BCUT2D eigenvalue weighted by atomic mass is 35.5. The SMILES string of the molecule is COc1ccc(N(CC(=O)NCCSCc2ccc(Cl)cc2Cl)S(C)(=O)=O)cc1. The minimum Gasteiger partial charge on any atom is -0.497 e. The molecule has 1 N–H and O–H groups in total. The number of rotatable bonds is 10. The molecule has 6 nitrogen and oxygen atoms in total. The maximum Gasteiger partial charge on any atom is 0.240 e. The third kappa shape index (κ3) is 7.62. The molecular weight excluding hydrogens is 455 g/mol. The van der Waals surface area contributed by atoms with Crippen LogP contribution in [-0.2, 0) is 20.6 Å². The van der Waals surface area contributed by atoms with Crippen molar-refractivity contribution in [1.29, 1.82) is 0 Å². The van der Waals surface area contributed by atoms with Gasteiger partial charge in [-0.3, -0.25) is 9.10 Å². The molecule has 0 aliphatic heterocycles. The first kappa shape index (κ1) is 23.7. The van der Waals surface area contributed by atoms with E-state index < -0.39 is 10.0 Å². The number of amides is 1. The van der Waals surface area contributed by atoms with E-state index in [1.165, 1.54) is 7.11 Å². The summed E-state index contributed by atoms with van der Waals surface area (Å²) in [5.41, 5.74) is 1.37. The minimum atomic E-state index is -3.61. The van der Waals surface area contributed by atoms with Gasteiger partial charge < -0.3 is 10.1 Å². The fourth-order valence-corrected chi connectivity index (χ4v) is 4.69. The molecule has 0 bridgehead atoms. The van der Waals surface area contributed by atoms with Gasteiger partial charge in [-0.1, -0.05) is 29.3 Å². The number of hydrogen-bond acceptors (Lipinski definition) is 5. The Morgan fingerprint density at radius 3 is 2.45 bits per heavy atom. The van der Waals surface area contributed by atoms with Gasteiger partial charge in [0.1, 0.15) is 12.3 Å². The molecule has 0 saturated carbocycles. The van der Waals surface area contributed by atoms with E-state index in [4.69, 9.17) is 27.9 Å². The summed E-state index contributed by atoms with van der Waals surface area (Å²) < 4.78 is 30.3. The molecule has 0 heterocycles. The zero-order valence-corrected chi connectivity index (χ0v) is 19.2. The van der Waals surface area contributed by atoms with Crippen LogP contribution in [0.4, 0.5) is 5.69 Å². The molecule has 0 radical (unpaired) electrons. The number of benzene rings is 2. The van der Waals surface area contributed by atoms with Crippen LogP contribution in [0.3, 0.4) is 0 Å². The van der Waals surface area contributed by atoms with Gasteiger partial charge >= 0.3 is 0 Å². The summed E-state index contributed by atoms with van der Waals surface area (Å²) in [6.07, 6.45) is 1.07. The first-order chi connectivity index (χ1) is 13.7. The zero-order valence-electron chi connectivity index (χ0n) is 16.0. The fourth-order valence-electron chi connectivity index (χ4n) is 2.42. The number of hydrogen-bond donors (Lipinski definition) is 1. The van der Waals surface area contributed by atoms with E-state index >= 15 is 0 Å². The molecule has 0 aliphatic rings. The Morgan fingerprint density at radius 2 is 1.86 bits per heavy atom. The van der Waals surface area contributed by atoms with Crippen molar-refractivity contribution < 1.29 is 17.9 Å². The van der Waals surface area contributed by atoms with Crippen molar-refractivity contribution in [2.24, 2.45) is 0 Å². The van der Waals surface area contributed by atoms with Gasteiger partial charge in [0.15, 0.2) is 0 Å². The van der Waals surface area contributed by atoms with E-state index in [0.29, 0.717) is 39.5 Å². The topological polar surface area (TPSA) is 75.7 Å². The van der Waals surface area contributed by atoms with E-state index in [9.17, 15) is 13.2 Å². The average Bonchev–Trinajstić information content (AvgIpc) is 2.66. The zero-order chi connectivity index (χ0) is 21.4. The Hall–Kier alpha value is -1.61. The van der Waals surface area contributed by atoms with Crippen LogP contribution in [0.1, 0.15) is 5.56 Å². The van der Waals surface area contributed by atoms with Gasteiger partial charge in [-0.05, 0) is 42.0 Å². The normalized spacial score (nSPS) is 11.2. The third-order valence-electron chi connectivity index (χ3n) is 3.89. The second-order valence-electron chi connectivity index (χ2n) is 6.11. The molecule has 0 fully saturated rings. The summed E-state index contributed by atoms with van der Waals surface area (Å²) in [6.45, 7) is 0.119. The fraction of sp³-hybridized carbons (Fsp3) is 0.316. The maximum atomic E-state index is 12.2. The molecule has 1 amide bonds. The number of ether oxygens (including phenoxy) is 1. The van der Waals surface area contributed by atoms with Gasteiger partial charge in [0.2, 0.25) is 15.9 Å². The molecule has 0 aromatic heterocycles. The number of methoxy groups -OCH3 is 1. The Morgan fingerprint density at radius 1 is 1.17 bits per heavy atom. The molecule has 0 aliphatic carbocycles. The Kier molecular flexibility index (Phi) is 8.95. The van der Waals surface area contributed by atoms with Crippen LogP contribution in [0.25, 0.3) is 0 Å². The Balaban J connectivity index is 1.83. The molecule has 29 heavy (non-hydrogen) atoms. The Labute approximate surface area is 185 Å². The molecule has 2 rings (SSSR count). The van der Waals surface area contributed by atoms with Crippen LogP contribution in [0.5, 0.6) is 5.75 Å². The van der Waals surface area contributed by atoms with Crippen molar-refractivity contribution >= 4 is 56.6 Å². The number of carbonyl (C=O) groups is 1. The number of carbonyl (C=O) groups excluding carboxylic acids is 1. The van der Waals surface area contributed by atoms with Crippen molar-refractivity contribution in [1.82, 2.24) is 5.32 Å². The number of thioether (sulfide) groups is 1. The molecule has 10 heteroatoms. The summed E-state index contributed by atoms with van der Waals surface area (Å²) in [5, 5.41) is 3.94. The van der Waals surface area contributed by atoms with E-state index in [2.05, 4.69) is 5.32 Å². The van der Waals surface area contributed by atoms with Crippen molar-refractivity contribution in [3.63, 3.8) is 0 Å². The van der Waals surface area contributed by atoms with Crippen LogP contribution in [0, 0.1) is 0 Å². The molecule has 0 unspecified atom stereocenters. The lowest BCUT2D eigenvalue weighted by Crippen LogP contribution is -2.41. The van der Waals surface area contributed by atoms with Gasteiger partial charge in [-0.25, -0.2) is 8.42 Å². The number of anilines is 1. The molecule has 2 aromatic rings. The number of sulfonamides is 1. The molecule has 0 atom stereocenters.